The predicted molar refractivity (Wildman–Crippen MR) is 103 cm³/mol. The highest BCUT2D eigenvalue weighted by Gasteiger charge is 2.11. The minimum absolute atomic E-state index is 0.230. The van der Waals surface area contributed by atoms with Gasteiger partial charge in [0.15, 0.2) is 10.8 Å². The van der Waals surface area contributed by atoms with Crippen molar-refractivity contribution in [3.05, 3.63) is 78.1 Å². The Morgan fingerprint density at radius 2 is 1.69 bits per heavy atom. The molecule has 0 bridgehead atoms. The van der Waals surface area contributed by atoms with Crippen molar-refractivity contribution in [2.24, 2.45) is 0 Å². The lowest BCUT2D eigenvalue weighted by Gasteiger charge is -2.06. The second-order valence-electron chi connectivity index (χ2n) is 5.77. The Hall–Kier alpha value is -3.12. The molecule has 0 unspecified atom stereocenters. The van der Waals surface area contributed by atoms with Gasteiger partial charge in [-0.1, -0.05) is 42.5 Å². The zero-order chi connectivity index (χ0) is 17.8. The second kappa shape index (κ2) is 7.41. The maximum atomic E-state index is 11.9. The number of hydrogen-bond acceptors (Lipinski definition) is 4. The third-order valence-electron chi connectivity index (χ3n) is 3.89. The molecule has 130 valence electrons. The average molecular weight is 363 g/mol. The number of furan rings is 1. The van der Waals surface area contributed by atoms with E-state index in [0.717, 1.165) is 20.8 Å². The van der Waals surface area contributed by atoms with Gasteiger partial charge in [0.05, 0.1) is 16.8 Å². The summed E-state index contributed by atoms with van der Waals surface area (Å²) in [5.74, 6) is 1.40. The van der Waals surface area contributed by atoms with Gasteiger partial charge in [0.1, 0.15) is 5.76 Å². The molecule has 2 aromatic heterocycles. The minimum atomic E-state index is -0.230. The summed E-state index contributed by atoms with van der Waals surface area (Å²) in [7, 11) is 0. The first-order valence-electron chi connectivity index (χ1n) is 8.28. The first kappa shape index (κ1) is 16.4. The Morgan fingerprint density at radius 1 is 0.923 bits per heavy atom. The van der Waals surface area contributed by atoms with Crippen LogP contribution in [-0.2, 0) is 13.1 Å². The number of carbonyl (C=O) groups excluding carboxylic acids is 1. The summed E-state index contributed by atoms with van der Waals surface area (Å²) in [6, 6.07) is 21.3. The first-order chi connectivity index (χ1) is 12.8. The summed E-state index contributed by atoms with van der Waals surface area (Å²) < 4.78 is 6.94. The van der Waals surface area contributed by atoms with E-state index in [-0.39, 0.29) is 6.03 Å². The molecule has 0 aliphatic rings. The lowest BCUT2D eigenvalue weighted by molar-refractivity contribution is 0.239. The highest BCUT2D eigenvalue weighted by atomic mass is 32.1. The molecule has 0 atom stereocenters. The van der Waals surface area contributed by atoms with Crippen LogP contribution < -0.4 is 10.6 Å². The molecule has 0 saturated heterocycles. The molecule has 2 amide bonds. The standard InChI is InChI=1S/C20H17N3O2S/c24-20(21-12-14-6-2-1-3-7-14)22-13-15-10-11-17(25-15)19-23-16-8-4-5-9-18(16)26-19/h1-11H,12-13H2,(H2,21,22,24). The molecule has 0 spiro atoms. The topological polar surface area (TPSA) is 67.2 Å². The van der Waals surface area contributed by atoms with E-state index in [1.807, 2.05) is 66.7 Å². The number of hydrogen-bond donors (Lipinski definition) is 2. The van der Waals surface area contributed by atoms with Crippen LogP contribution >= 0.6 is 11.3 Å². The number of benzene rings is 2. The van der Waals surface area contributed by atoms with Gasteiger partial charge >= 0.3 is 6.03 Å². The van der Waals surface area contributed by atoms with Crippen LogP contribution in [0.25, 0.3) is 21.0 Å². The molecule has 0 radical (unpaired) electrons. The highest BCUT2D eigenvalue weighted by molar-refractivity contribution is 7.21. The summed E-state index contributed by atoms with van der Waals surface area (Å²) in [6.07, 6.45) is 0. The molecule has 4 aromatic rings. The van der Waals surface area contributed by atoms with Crippen LogP contribution in [0.4, 0.5) is 4.79 Å². The van der Waals surface area contributed by atoms with Crippen LogP contribution in [0.1, 0.15) is 11.3 Å². The molecule has 26 heavy (non-hydrogen) atoms. The summed E-state index contributed by atoms with van der Waals surface area (Å²) >= 11 is 1.59. The van der Waals surface area contributed by atoms with Crippen molar-refractivity contribution in [3.63, 3.8) is 0 Å². The van der Waals surface area contributed by atoms with Gasteiger partial charge in [0.2, 0.25) is 0 Å². The van der Waals surface area contributed by atoms with E-state index in [4.69, 9.17) is 4.42 Å². The fraction of sp³-hybridized carbons (Fsp3) is 0.100. The van der Waals surface area contributed by atoms with Gasteiger partial charge in [-0.15, -0.1) is 11.3 Å². The zero-order valence-corrected chi connectivity index (χ0v) is 14.8. The van der Waals surface area contributed by atoms with Gasteiger partial charge in [-0.3, -0.25) is 0 Å². The third-order valence-corrected chi connectivity index (χ3v) is 4.94. The van der Waals surface area contributed by atoms with E-state index in [1.165, 1.54) is 0 Å². The fourth-order valence-electron chi connectivity index (χ4n) is 2.57. The Labute approximate surface area is 154 Å². The number of thiazole rings is 1. The van der Waals surface area contributed by atoms with Crippen LogP contribution in [0.15, 0.2) is 71.1 Å². The molecule has 0 fully saturated rings. The maximum absolute atomic E-state index is 11.9. The SMILES string of the molecule is O=C(NCc1ccccc1)NCc1ccc(-c2nc3ccccc3s2)o1. The fourth-order valence-corrected chi connectivity index (χ4v) is 3.50. The van der Waals surface area contributed by atoms with Crippen molar-refractivity contribution in [3.8, 4) is 10.8 Å². The van der Waals surface area contributed by atoms with E-state index in [0.29, 0.717) is 24.6 Å². The smallest absolute Gasteiger partial charge is 0.315 e. The van der Waals surface area contributed by atoms with Crippen LogP contribution in [0, 0.1) is 0 Å². The zero-order valence-electron chi connectivity index (χ0n) is 13.9. The lowest BCUT2D eigenvalue weighted by Crippen LogP contribution is -2.34. The highest BCUT2D eigenvalue weighted by Crippen LogP contribution is 2.31. The lowest BCUT2D eigenvalue weighted by atomic mass is 10.2. The van der Waals surface area contributed by atoms with Gasteiger partial charge < -0.3 is 15.1 Å². The number of carbonyl (C=O) groups is 1. The molecular weight excluding hydrogens is 346 g/mol. The Bertz CT molecular complexity index is 991. The molecular formula is C20H17N3O2S. The van der Waals surface area contributed by atoms with Crippen molar-refractivity contribution in [1.29, 1.82) is 0 Å². The molecule has 2 aromatic carbocycles. The number of rotatable bonds is 5. The van der Waals surface area contributed by atoms with E-state index in [9.17, 15) is 4.79 Å². The van der Waals surface area contributed by atoms with E-state index in [1.54, 1.807) is 11.3 Å². The maximum Gasteiger partial charge on any atom is 0.315 e. The van der Waals surface area contributed by atoms with Crippen molar-refractivity contribution in [2.75, 3.05) is 0 Å². The van der Waals surface area contributed by atoms with Crippen molar-refractivity contribution >= 4 is 27.6 Å². The summed E-state index contributed by atoms with van der Waals surface area (Å²) in [6.45, 7) is 0.813. The molecule has 2 heterocycles. The average Bonchev–Trinajstić information content (AvgIpc) is 3.32. The van der Waals surface area contributed by atoms with Crippen LogP contribution in [0.5, 0.6) is 0 Å². The number of nitrogens with one attached hydrogen (secondary N) is 2. The molecule has 2 N–H and O–H groups in total. The van der Waals surface area contributed by atoms with Crippen LogP contribution in [-0.4, -0.2) is 11.0 Å². The number of aromatic nitrogens is 1. The van der Waals surface area contributed by atoms with Gasteiger partial charge in [0, 0.05) is 6.54 Å². The van der Waals surface area contributed by atoms with Crippen LogP contribution in [0.3, 0.4) is 0 Å². The third kappa shape index (κ3) is 3.75. The van der Waals surface area contributed by atoms with E-state index in [2.05, 4.69) is 15.6 Å². The summed E-state index contributed by atoms with van der Waals surface area (Å²) in [5, 5.41) is 6.46. The Kier molecular flexibility index (Phi) is 4.66. The van der Waals surface area contributed by atoms with Gasteiger partial charge in [-0.2, -0.15) is 0 Å². The number of nitrogens with zero attached hydrogens (tertiary/aromatic N) is 1. The number of amides is 2. The predicted octanol–water partition coefficient (Wildman–Crippen LogP) is 4.56. The van der Waals surface area contributed by atoms with Crippen molar-refractivity contribution < 1.29 is 9.21 Å². The molecule has 5 nitrogen and oxygen atoms in total. The second-order valence-corrected chi connectivity index (χ2v) is 6.81. The van der Waals surface area contributed by atoms with Crippen molar-refractivity contribution in [1.82, 2.24) is 15.6 Å². The summed E-state index contributed by atoms with van der Waals surface area (Å²) in [4.78, 5) is 16.5. The van der Waals surface area contributed by atoms with Crippen LogP contribution in [0.2, 0.25) is 0 Å². The first-order valence-corrected chi connectivity index (χ1v) is 9.10. The molecule has 0 aliphatic carbocycles. The Morgan fingerprint density at radius 3 is 2.54 bits per heavy atom. The van der Waals surface area contributed by atoms with E-state index < -0.39 is 0 Å². The molecule has 0 saturated carbocycles. The monoisotopic (exact) mass is 363 g/mol. The summed E-state index contributed by atoms with van der Waals surface area (Å²) in [5.41, 5.74) is 2.02. The largest absolute Gasteiger partial charge is 0.457 e. The molecule has 6 heteroatoms. The van der Waals surface area contributed by atoms with Gasteiger partial charge in [-0.25, -0.2) is 9.78 Å². The minimum Gasteiger partial charge on any atom is -0.457 e. The number of para-hydroxylation sites is 1. The molecule has 0 aliphatic heterocycles. The normalized spacial score (nSPS) is 10.8. The Balaban J connectivity index is 1.34. The van der Waals surface area contributed by atoms with Gasteiger partial charge in [0.25, 0.3) is 0 Å². The number of fused-ring (bicyclic) bond motifs is 1. The van der Waals surface area contributed by atoms with E-state index >= 15 is 0 Å². The van der Waals surface area contributed by atoms with Crippen molar-refractivity contribution in [2.45, 2.75) is 13.1 Å². The molecule has 4 rings (SSSR count). The number of urea groups is 1. The quantitative estimate of drug-likeness (QED) is 0.546. The van der Waals surface area contributed by atoms with Gasteiger partial charge in [-0.05, 0) is 29.8 Å².